The third-order valence-corrected chi connectivity index (χ3v) is 5.16. The highest BCUT2D eigenvalue weighted by atomic mass is 16.2. The highest BCUT2D eigenvalue weighted by Gasteiger charge is 2.23. The molecule has 0 saturated carbocycles. The van der Waals surface area contributed by atoms with Gasteiger partial charge in [-0.15, -0.1) is 0 Å². The van der Waals surface area contributed by atoms with Crippen molar-refractivity contribution in [3.63, 3.8) is 0 Å². The van der Waals surface area contributed by atoms with E-state index in [1.165, 1.54) is 0 Å². The van der Waals surface area contributed by atoms with E-state index in [-0.39, 0.29) is 5.91 Å². The van der Waals surface area contributed by atoms with Crippen LogP contribution in [-0.2, 0) is 11.8 Å². The molecule has 1 atom stereocenters. The van der Waals surface area contributed by atoms with Crippen LogP contribution in [0.1, 0.15) is 6.92 Å². The van der Waals surface area contributed by atoms with E-state index in [0.29, 0.717) is 18.4 Å². The predicted molar refractivity (Wildman–Crippen MR) is 109 cm³/mol. The van der Waals surface area contributed by atoms with Crippen LogP contribution in [0.4, 0.5) is 5.82 Å². The lowest BCUT2D eigenvalue weighted by Gasteiger charge is -2.37. The van der Waals surface area contributed by atoms with Crippen molar-refractivity contribution < 1.29 is 4.79 Å². The molecule has 3 aromatic rings. The molecular formula is C20H25N7O. The molecule has 0 spiro atoms. The van der Waals surface area contributed by atoms with Crippen LogP contribution in [0.2, 0.25) is 0 Å². The Balaban J connectivity index is 1.48. The predicted octanol–water partition coefficient (Wildman–Crippen LogP) is 1.60. The SMILES string of the molecule is CC1CN(C)CCN1CC(=O)Nc1cc2nc(-c3cnn(C)c3)ccc2cn1. The van der Waals surface area contributed by atoms with Crippen LogP contribution in [0.5, 0.6) is 0 Å². The van der Waals surface area contributed by atoms with Gasteiger partial charge < -0.3 is 10.2 Å². The summed E-state index contributed by atoms with van der Waals surface area (Å²) in [4.78, 5) is 26.1. The fraction of sp³-hybridized carbons (Fsp3) is 0.400. The average molecular weight is 379 g/mol. The number of carbonyl (C=O) groups is 1. The summed E-state index contributed by atoms with van der Waals surface area (Å²) in [5.41, 5.74) is 2.59. The van der Waals surface area contributed by atoms with Crippen molar-refractivity contribution >= 4 is 22.6 Å². The number of fused-ring (bicyclic) bond motifs is 1. The van der Waals surface area contributed by atoms with Gasteiger partial charge in [-0.1, -0.05) is 0 Å². The molecule has 8 heteroatoms. The van der Waals surface area contributed by atoms with Gasteiger partial charge in [0.2, 0.25) is 5.91 Å². The van der Waals surface area contributed by atoms with Gasteiger partial charge in [-0.05, 0) is 26.1 Å². The fourth-order valence-corrected chi connectivity index (χ4v) is 3.58. The van der Waals surface area contributed by atoms with Crippen molar-refractivity contribution in [1.29, 1.82) is 0 Å². The molecule has 3 aromatic heterocycles. The third-order valence-electron chi connectivity index (χ3n) is 5.16. The number of hydrogen-bond acceptors (Lipinski definition) is 6. The molecule has 1 unspecified atom stereocenters. The highest BCUT2D eigenvalue weighted by Crippen LogP contribution is 2.21. The van der Waals surface area contributed by atoms with Crippen molar-refractivity contribution in [1.82, 2.24) is 29.5 Å². The zero-order valence-electron chi connectivity index (χ0n) is 16.5. The molecule has 8 nitrogen and oxygen atoms in total. The first-order chi connectivity index (χ1) is 13.5. The summed E-state index contributed by atoms with van der Waals surface area (Å²) in [5.74, 6) is 0.474. The summed E-state index contributed by atoms with van der Waals surface area (Å²) in [5, 5.41) is 8.04. The Morgan fingerprint density at radius 2 is 2.11 bits per heavy atom. The van der Waals surface area contributed by atoms with Crippen molar-refractivity contribution in [3.05, 3.63) is 36.8 Å². The minimum Gasteiger partial charge on any atom is -0.310 e. The summed E-state index contributed by atoms with van der Waals surface area (Å²) in [6.07, 6.45) is 5.45. The van der Waals surface area contributed by atoms with E-state index < -0.39 is 0 Å². The summed E-state index contributed by atoms with van der Waals surface area (Å²) in [6, 6.07) is 6.11. The van der Waals surface area contributed by atoms with E-state index >= 15 is 0 Å². The van der Waals surface area contributed by atoms with Crippen molar-refractivity contribution in [3.8, 4) is 11.3 Å². The Labute approximate surface area is 164 Å². The van der Waals surface area contributed by atoms with Gasteiger partial charge in [-0.3, -0.25) is 14.4 Å². The summed E-state index contributed by atoms with van der Waals surface area (Å²) < 4.78 is 1.75. The smallest absolute Gasteiger partial charge is 0.239 e. The molecule has 1 fully saturated rings. The first kappa shape index (κ1) is 18.5. The maximum atomic E-state index is 12.5. The monoisotopic (exact) mass is 379 g/mol. The second kappa shape index (κ2) is 7.65. The molecule has 0 bridgehead atoms. The number of likely N-dealkylation sites (N-methyl/N-ethyl adjacent to an activating group) is 1. The number of pyridine rings is 2. The molecule has 0 aromatic carbocycles. The molecule has 1 aliphatic heterocycles. The minimum absolute atomic E-state index is 0.0494. The van der Waals surface area contributed by atoms with Crippen LogP contribution in [0, 0.1) is 0 Å². The standard InChI is InChI=1S/C20H25N7O/c1-14-11-25(2)6-7-27(14)13-20(28)24-19-8-18-15(9-21-19)4-5-17(23-18)16-10-22-26(3)12-16/h4-5,8-10,12,14H,6-7,11,13H2,1-3H3,(H,21,24,28). The number of piperazine rings is 1. The number of anilines is 1. The Kier molecular flexibility index (Phi) is 5.06. The topological polar surface area (TPSA) is 79.2 Å². The van der Waals surface area contributed by atoms with Crippen molar-refractivity contribution in [2.24, 2.45) is 7.05 Å². The number of rotatable bonds is 4. The third kappa shape index (κ3) is 4.02. The lowest BCUT2D eigenvalue weighted by atomic mass is 10.2. The van der Waals surface area contributed by atoms with E-state index in [0.717, 1.165) is 41.8 Å². The molecule has 1 N–H and O–H groups in total. The van der Waals surface area contributed by atoms with Crippen LogP contribution in [0.3, 0.4) is 0 Å². The van der Waals surface area contributed by atoms with E-state index in [1.54, 1.807) is 17.1 Å². The van der Waals surface area contributed by atoms with Crippen LogP contribution in [0.25, 0.3) is 22.2 Å². The van der Waals surface area contributed by atoms with E-state index in [1.807, 2.05) is 31.4 Å². The van der Waals surface area contributed by atoms with Gasteiger partial charge in [0.25, 0.3) is 0 Å². The van der Waals surface area contributed by atoms with Crippen molar-refractivity contribution in [2.75, 3.05) is 38.5 Å². The van der Waals surface area contributed by atoms with Gasteiger partial charge in [-0.2, -0.15) is 5.10 Å². The van der Waals surface area contributed by atoms with Crippen LogP contribution < -0.4 is 5.32 Å². The maximum Gasteiger partial charge on any atom is 0.239 e. The number of carbonyl (C=O) groups excluding carboxylic acids is 1. The Morgan fingerprint density at radius 3 is 2.86 bits per heavy atom. The Bertz CT molecular complexity index is 999. The first-order valence-corrected chi connectivity index (χ1v) is 9.46. The van der Waals surface area contributed by atoms with E-state index in [2.05, 4.69) is 39.2 Å². The number of nitrogens with one attached hydrogen (secondary N) is 1. The normalized spacial score (nSPS) is 18.5. The molecule has 146 valence electrons. The Hall–Kier alpha value is -2.84. The summed E-state index contributed by atoms with van der Waals surface area (Å²) in [6.45, 7) is 5.38. The minimum atomic E-state index is -0.0494. The van der Waals surface area contributed by atoms with Crippen LogP contribution in [-0.4, -0.2) is 74.7 Å². The molecule has 1 saturated heterocycles. The molecule has 1 amide bonds. The largest absolute Gasteiger partial charge is 0.310 e. The lowest BCUT2D eigenvalue weighted by molar-refractivity contribution is -0.118. The molecule has 0 aliphatic carbocycles. The number of nitrogens with zero attached hydrogens (tertiary/aromatic N) is 6. The summed E-state index contributed by atoms with van der Waals surface area (Å²) >= 11 is 0. The summed E-state index contributed by atoms with van der Waals surface area (Å²) in [7, 11) is 3.99. The van der Waals surface area contributed by atoms with E-state index in [9.17, 15) is 4.79 Å². The number of hydrogen-bond donors (Lipinski definition) is 1. The molecule has 4 rings (SSSR count). The van der Waals surface area contributed by atoms with Gasteiger partial charge in [0.1, 0.15) is 5.82 Å². The second-order valence-corrected chi connectivity index (χ2v) is 7.49. The van der Waals surface area contributed by atoms with Gasteiger partial charge >= 0.3 is 0 Å². The van der Waals surface area contributed by atoms with Gasteiger partial charge in [-0.25, -0.2) is 9.97 Å². The van der Waals surface area contributed by atoms with Crippen molar-refractivity contribution in [2.45, 2.75) is 13.0 Å². The van der Waals surface area contributed by atoms with Gasteiger partial charge in [0.15, 0.2) is 0 Å². The molecular weight excluding hydrogens is 354 g/mol. The lowest BCUT2D eigenvalue weighted by Crippen LogP contribution is -2.52. The van der Waals surface area contributed by atoms with Crippen LogP contribution in [0.15, 0.2) is 36.8 Å². The molecule has 28 heavy (non-hydrogen) atoms. The second-order valence-electron chi connectivity index (χ2n) is 7.49. The highest BCUT2D eigenvalue weighted by molar-refractivity contribution is 5.93. The number of aromatic nitrogens is 4. The average Bonchev–Trinajstić information content (AvgIpc) is 3.10. The quantitative estimate of drug-likeness (QED) is 0.742. The molecule has 1 aliphatic rings. The fourth-order valence-electron chi connectivity index (χ4n) is 3.58. The van der Waals surface area contributed by atoms with Gasteiger partial charge in [0.05, 0.1) is 24.0 Å². The van der Waals surface area contributed by atoms with Gasteiger partial charge in [0, 0.05) is 62.1 Å². The maximum absolute atomic E-state index is 12.5. The molecule has 0 radical (unpaired) electrons. The zero-order valence-corrected chi connectivity index (χ0v) is 16.5. The zero-order chi connectivity index (χ0) is 19.7. The number of aryl methyl sites for hydroxylation is 1. The number of amides is 1. The first-order valence-electron chi connectivity index (χ1n) is 9.46. The molecule has 4 heterocycles. The van der Waals surface area contributed by atoms with E-state index in [4.69, 9.17) is 4.98 Å². The van der Waals surface area contributed by atoms with Crippen LogP contribution >= 0.6 is 0 Å². The Morgan fingerprint density at radius 1 is 1.25 bits per heavy atom.